The number of halogens is 3. The Morgan fingerprint density at radius 2 is 1.86 bits per heavy atom. The molecule has 0 unspecified atom stereocenters. The van der Waals surface area contributed by atoms with E-state index in [1.807, 2.05) is 0 Å². The Hall–Kier alpha value is -2.47. The first-order valence-corrected chi connectivity index (χ1v) is 9.61. The van der Waals surface area contributed by atoms with Crippen LogP contribution in [0.2, 0.25) is 0 Å². The smallest absolute Gasteiger partial charge is 0.468 e. The molecule has 2 aromatic rings. The van der Waals surface area contributed by atoms with Gasteiger partial charge in [-0.2, -0.15) is 22.5 Å². The van der Waals surface area contributed by atoms with E-state index in [2.05, 4.69) is 19.4 Å². The Morgan fingerprint density at radius 1 is 1.25 bits per heavy atom. The predicted molar refractivity (Wildman–Crippen MR) is 91.2 cm³/mol. The fourth-order valence-electron chi connectivity index (χ4n) is 2.29. The standard InChI is InChI=1S/C16H18F3N3O5S/c1-10(2)22(28(24,25)9-13(23)26-3)8-11-4-6-12(7-5-11)14-20-15(27-21-14)16(17,18)19/h4-7,10H,8-9H2,1-3H3. The maximum Gasteiger partial charge on any atom is 0.471 e. The number of esters is 1. The lowest BCUT2D eigenvalue weighted by atomic mass is 10.1. The third-order valence-electron chi connectivity index (χ3n) is 3.68. The van der Waals surface area contributed by atoms with Crippen LogP contribution in [0.4, 0.5) is 13.2 Å². The number of ether oxygens (including phenoxy) is 1. The minimum Gasteiger partial charge on any atom is -0.468 e. The van der Waals surface area contributed by atoms with Crippen molar-refractivity contribution in [1.82, 2.24) is 14.4 Å². The summed E-state index contributed by atoms with van der Waals surface area (Å²) in [5.74, 6) is -3.36. The number of sulfonamides is 1. The number of methoxy groups -OCH3 is 1. The fourth-order valence-corrected chi connectivity index (χ4v) is 3.86. The molecule has 1 aromatic heterocycles. The van der Waals surface area contributed by atoms with Gasteiger partial charge in [-0.05, 0) is 19.4 Å². The Labute approximate surface area is 159 Å². The van der Waals surface area contributed by atoms with Gasteiger partial charge in [-0.25, -0.2) is 8.42 Å². The van der Waals surface area contributed by atoms with Crippen LogP contribution in [0.1, 0.15) is 25.3 Å². The van der Waals surface area contributed by atoms with Gasteiger partial charge in [-0.3, -0.25) is 4.79 Å². The third-order valence-corrected chi connectivity index (χ3v) is 5.55. The summed E-state index contributed by atoms with van der Waals surface area (Å²) in [6.45, 7) is 3.28. The molecule has 8 nitrogen and oxygen atoms in total. The highest BCUT2D eigenvalue weighted by Crippen LogP contribution is 2.29. The maximum absolute atomic E-state index is 12.5. The number of benzene rings is 1. The van der Waals surface area contributed by atoms with Crippen molar-refractivity contribution in [2.75, 3.05) is 12.9 Å². The number of aromatic nitrogens is 2. The van der Waals surface area contributed by atoms with Gasteiger partial charge < -0.3 is 9.26 Å². The van der Waals surface area contributed by atoms with E-state index in [4.69, 9.17) is 0 Å². The number of hydrogen-bond donors (Lipinski definition) is 0. The second kappa shape index (κ2) is 8.27. The topological polar surface area (TPSA) is 103 Å². The Balaban J connectivity index is 2.20. The zero-order chi connectivity index (χ0) is 21.1. The highest BCUT2D eigenvalue weighted by Gasteiger charge is 2.38. The minimum absolute atomic E-state index is 0.0304. The molecule has 0 spiro atoms. The van der Waals surface area contributed by atoms with E-state index in [1.54, 1.807) is 13.8 Å². The fraction of sp³-hybridized carbons (Fsp3) is 0.438. The predicted octanol–water partition coefficient (Wildman–Crippen LogP) is 2.47. The average molecular weight is 421 g/mol. The summed E-state index contributed by atoms with van der Waals surface area (Å²) >= 11 is 0. The first-order chi connectivity index (χ1) is 12.9. The Bertz CT molecular complexity index is 924. The van der Waals surface area contributed by atoms with Gasteiger partial charge in [0.1, 0.15) is 0 Å². The van der Waals surface area contributed by atoms with E-state index in [0.29, 0.717) is 5.56 Å². The van der Waals surface area contributed by atoms with Crippen molar-refractivity contribution in [3.8, 4) is 11.4 Å². The lowest BCUT2D eigenvalue weighted by molar-refractivity contribution is -0.159. The van der Waals surface area contributed by atoms with Crippen LogP contribution in [-0.4, -0.2) is 47.7 Å². The van der Waals surface area contributed by atoms with Crippen LogP contribution < -0.4 is 0 Å². The first kappa shape index (κ1) is 21.8. The van der Waals surface area contributed by atoms with Crippen LogP contribution in [0.15, 0.2) is 28.8 Å². The molecule has 0 saturated heterocycles. The Kier molecular flexibility index (Phi) is 6.44. The molecule has 154 valence electrons. The maximum atomic E-state index is 12.5. The lowest BCUT2D eigenvalue weighted by Crippen LogP contribution is -2.39. The number of carbonyl (C=O) groups excluding carboxylic acids is 1. The van der Waals surface area contributed by atoms with E-state index in [1.165, 1.54) is 24.3 Å². The number of hydrogen-bond acceptors (Lipinski definition) is 7. The summed E-state index contributed by atoms with van der Waals surface area (Å²) in [5, 5.41) is 3.29. The summed E-state index contributed by atoms with van der Waals surface area (Å²) in [6, 6.07) is 5.53. The quantitative estimate of drug-likeness (QED) is 0.633. The van der Waals surface area contributed by atoms with Crippen molar-refractivity contribution >= 4 is 16.0 Å². The van der Waals surface area contributed by atoms with Crippen LogP contribution in [0.3, 0.4) is 0 Å². The van der Waals surface area contributed by atoms with Crippen molar-refractivity contribution in [2.45, 2.75) is 32.6 Å². The van der Waals surface area contributed by atoms with Crippen molar-refractivity contribution in [3.05, 3.63) is 35.7 Å². The first-order valence-electron chi connectivity index (χ1n) is 8.00. The van der Waals surface area contributed by atoms with Gasteiger partial charge in [0, 0.05) is 18.2 Å². The van der Waals surface area contributed by atoms with E-state index in [9.17, 15) is 26.4 Å². The molecule has 0 bridgehead atoms. The van der Waals surface area contributed by atoms with Gasteiger partial charge in [-0.1, -0.05) is 29.4 Å². The summed E-state index contributed by atoms with van der Waals surface area (Å²) in [6.07, 6.45) is -4.74. The molecule has 2 rings (SSSR count). The number of rotatable bonds is 7. The zero-order valence-corrected chi connectivity index (χ0v) is 16.0. The van der Waals surface area contributed by atoms with E-state index in [-0.39, 0.29) is 17.9 Å². The molecule has 0 radical (unpaired) electrons. The normalized spacial score (nSPS) is 12.6. The zero-order valence-electron chi connectivity index (χ0n) is 15.2. The monoisotopic (exact) mass is 421 g/mol. The summed E-state index contributed by atoms with van der Waals surface area (Å²) < 4.78 is 72.2. The number of carbonyl (C=O) groups is 1. The van der Waals surface area contributed by atoms with E-state index >= 15 is 0 Å². The molecule has 0 atom stereocenters. The molecule has 0 aliphatic carbocycles. The molecule has 12 heteroatoms. The summed E-state index contributed by atoms with van der Waals surface area (Å²) in [4.78, 5) is 14.6. The molecule has 28 heavy (non-hydrogen) atoms. The van der Waals surface area contributed by atoms with E-state index < -0.39 is 39.9 Å². The summed E-state index contributed by atoms with van der Waals surface area (Å²) in [7, 11) is -2.82. The van der Waals surface area contributed by atoms with Gasteiger partial charge in [-0.15, -0.1) is 0 Å². The van der Waals surface area contributed by atoms with Crippen molar-refractivity contribution in [2.24, 2.45) is 0 Å². The largest absolute Gasteiger partial charge is 0.471 e. The van der Waals surface area contributed by atoms with Crippen LogP contribution in [0.25, 0.3) is 11.4 Å². The summed E-state index contributed by atoms with van der Waals surface area (Å²) in [5.41, 5.74) is 0.835. The highest BCUT2D eigenvalue weighted by molar-refractivity contribution is 7.89. The SMILES string of the molecule is COC(=O)CS(=O)(=O)N(Cc1ccc(-c2noc(C(F)(F)F)n2)cc1)C(C)C. The van der Waals surface area contributed by atoms with Crippen molar-refractivity contribution < 1.29 is 35.6 Å². The van der Waals surface area contributed by atoms with Crippen molar-refractivity contribution in [1.29, 1.82) is 0 Å². The molecule has 1 heterocycles. The second-order valence-corrected chi connectivity index (χ2v) is 8.01. The lowest BCUT2D eigenvalue weighted by Gasteiger charge is -2.25. The van der Waals surface area contributed by atoms with Crippen molar-refractivity contribution in [3.63, 3.8) is 0 Å². The molecule has 0 aliphatic rings. The average Bonchev–Trinajstić information content (AvgIpc) is 3.09. The van der Waals surface area contributed by atoms with Gasteiger partial charge in [0.2, 0.25) is 15.8 Å². The second-order valence-electron chi connectivity index (χ2n) is 6.09. The number of alkyl halides is 3. The third kappa shape index (κ3) is 5.29. The van der Waals surface area contributed by atoms with Gasteiger partial charge in [0.05, 0.1) is 7.11 Å². The molecule has 0 aliphatic heterocycles. The molecule has 0 fully saturated rings. The van der Waals surface area contributed by atoms with Gasteiger partial charge in [0.15, 0.2) is 5.75 Å². The van der Waals surface area contributed by atoms with Gasteiger partial charge >= 0.3 is 18.0 Å². The van der Waals surface area contributed by atoms with Crippen LogP contribution >= 0.6 is 0 Å². The number of nitrogens with zero attached hydrogens (tertiary/aromatic N) is 3. The van der Waals surface area contributed by atoms with Crippen LogP contribution in [-0.2, 0) is 32.3 Å². The van der Waals surface area contributed by atoms with Crippen LogP contribution in [0.5, 0.6) is 0 Å². The Morgan fingerprint density at radius 3 is 2.32 bits per heavy atom. The highest BCUT2D eigenvalue weighted by atomic mass is 32.2. The molecule has 0 saturated carbocycles. The molecular formula is C16H18F3N3O5S. The minimum atomic E-state index is -4.74. The van der Waals surface area contributed by atoms with Crippen LogP contribution in [0, 0.1) is 0 Å². The van der Waals surface area contributed by atoms with Gasteiger partial charge in [0.25, 0.3) is 0 Å². The molecule has 1 aromatic carbocycles. The molecule has 0 amide bonds. The molecular weight excluding hydrogens is 403 g/mol. The molecule has 0 N–H and O–H groups in total. The van der Waals surface area contributed by atoms with E-state index in [0.717, 1.165) is 11.4 Å².